The predicted octanol–water partition coefficient (Wildman–Crippen LogP) is 6.59. The van der Waals surface area contributed by atoms with E-state index < -0.39 is 5.97 Å². The molecule has 7 heteroatoms. The number of rotatable bonds is 8. The topological polar surface area (TPSA) is 77.7 Å². The molecule has 1 aliphatic carbocycles. The molecule has 0 amide bonds. The summed E-state index contributed by atoms with van der Waals surface area (Å²) in [4.78, 5) is 43.8. The summed E-state index contributed by atoms with van der Waals surface area (Å²) in [5, 5.41) is 7.70. The van der Waals surface area contributed by atoms with Crippen molar-refractivity contribution in [1.29, 1.82) is 0 Å². The summed E-state index contributed by atoms with van der Waals surface area (Å²) in [6.45, 7) is 4.11. The van der Waals surface area contributed by atoms with Crippen LogP contribution in [0.5, 0.6) is 0 Å². The highest BCUT2D eigenvalue weighted by molar-refractivity contribution is 7.10. The van der Waals surface area contributed by atoms with E-state index in [1.54, 1.807) is 6.07 Å². The monoisotopic (exact) mass is 500 g/mol. The van der Waals surface area contributed by atoms with E-state index in [4.69, 9.17) is 4.84 Å². The Kier molecular flexibility index (Phi) is 6.83. The number of nitrogens with zero attached hydrogens (tertiary/aromatic N) is 2. The van der Waals surface area contributed by atoms with Crippen molar-refractivity contribution in [3.63, 3.8) is 0 Å². The number of carbonyl (C=O) groups is 3. The van der Waals surface area contributed by atoms with Crippen LogP contribution < -0.4 is 0 Å². The lowest BCUT2D eigenvalue weighted by Crippen LogP contribution is -2.18. The molecule has 0 bridgehead atoms. The lowest BCUT2D eigenvalue weighted by Gasteiger charge is -2.08. The third-order valence-corrected chi connectivity index (χ3v) is 7.80. The van der Waals surface area contributed by atoms with E-state index in [2.05, 4.69) is 16.6 Å². The number of thiophene rings is 1. The minimum Gasteiger partial charge on any atom is -0.341 e. The van der Waals surface area contributed by atoms with Crippen LogP contribution in [0.3, 0.4) is 0 Å². The lowest BCUT2D eigenvalue weighted by molar-refractivity contribution is -0.140. The summed E-state index contributed by atoms with van der Waals surface area (Å²) in [7, 11) is 0. The van der Waals surface area contributed by atoms with E-state index in [0.29, 0.717) is 5.56 Å². The molecule has 1 saturated carbocycles. The fourth-order valence-corrected chi connectivity index (χ4v) is 5.89. The predicted molar refractivity (Wildman–Crippen MR) is 143 cm³/mol. The number of oxime groups is 1. The number of hydrogen-bond donors (Lipinski definition) is 0. The first-order valence-electron chi connectivity index (χ1n) is 12.4. The fourth-order valence-electron chi connectivity index (χ4n) is 5.18. The molecular weight excluding hydrogens is 472 g/mol. The summed E-state index contributed by atoms with van der Waals surface area (Å²) >= 11 is 1.51. The Morgan fingerprint density at radius 3 is 2.28 bits per heavy atom. The zero-order valence-electron chi connectivity index (χ0n) is 20.5. The van der Waals surface area contributed by atoms with Crippen LogP contribution in [0.1, 0.15) is 65.1 Å². The number of fused-ring (bicyclic) bond motifs is 3. The molecule has 2 aromatic carbocycles. The Bertz CT molecular complexity index is 1490. The first-order valence-corrected chi connectivity index (χ1v) is 13.3. The normalized spacial score (nSPS) is 14.6. The van der Waals surface area contributed by atoms with Crippen LogP contribution >= 0.6 is 11.3 Å². The van der Waals surface area contributed by atoms with Crippen LogP contribution in [0.4, 0.5) is 0 Å². The summed E-state index contributed by atoms with van der Waals surface area (Å²) in [5.41, 5.74) is 3.41. The number of benzene rings is 2. The molecule has 2 aromatic heterocycles. The van der Waals surface area contributed by atoms with Gasteiger partial charge in [-0.15, -0.1) is 11.3 Å². The van der Waals surface area contributed by atoms with Gasteiger partial charge in [0.1, 0.15) is 5.71 Å². The zero-order valence-corrected chi connectivity index (χ0v) is 21.3. The van der Waals surface area contributed by atoms with Crippen molar-refractivity contribution in [3.8, 4) is 0 Å². The van der Waals surface area contributed by atoms with E-state index in [1.807, 2.05) is 47.8 Å². The van der Waals surface area contributed by atoms with Gasteiger partial charge < -0.3 is 9.40 Å². The Hall–Kier alpha value is -3.58. The summed E-state index contributed by atoms with van der Waals surface area (Å²) in [6, 6.07) is 15.4. The summed E-state index contributed by atoms with van der Waals surface area (Å²) in [6.07, 6.45) is 4.42. The highest BCUT2D eigenvalue weighted by atomic mass is 32.1. The molecule has 6 nitrogen and oxygen atoms in total. The molecule has 5 rings (SSSR count). The van der Waals surface area contributed by atoms with Crippen molar-refractivity contribution in [1.82, 2.24) is 4.57 Å². The van der Waals surface area contributed by atoms with Crippen molar-refractivity contribution in [2.24, 2.45) is 11.1 Å². The second-order valence-corrected chi connectivity index (χ2v) is 10.3. The molecule has 0 radical (unpaired) electrons. The number of Topliss-reactive ketones (excluding diaryl/α,β-unsaturated/α-hetero) is 2. The Labute approximate surface area is 213 Å². The van der Waals surface area contributed by atoms with Gasteiger partial charge in [0.25, 0.3) is 0 Å². The van der Waals surface area contributed by atoms with Gasteiger partial charge >= 0.3 is 5.97 Å². The maximum Gasteiger partial charge on any atom is 0.331 e. The van der Waals surface area contributed by atoms with E-state index >= 15 is 0 Å². The van der Waals surface area contributed by atoms with Crippen LogP contribution in [-0.2, 0) is 22.6 Å². The largest absolute Gasteiger partial charge is 0.341 e. The number of aryl methyl sites for hydroxylation is 1. The van der Waals surface area contributed by atoms with Gasteiger partial charge in [-0.2, -0.15) is 0 Å². The standard InChI is InChI=1S/C29H28N2O4S/c1-3-31-26-12-10-20(28(33)19-7-4-5-8-19)15-23(26)24-16-21(11-13-27(24)31)29(34)25(30-35-18(2)32)17-22-9-6-14-36-22/h6,9-16,19H,3-5,7-8,17H2,1-2H3/b30-25-. The smallest absolute Gasteiger partial charge is 0.331 e. The minimum atomic E-state index is -0.576. The fraction of sp³-hybridized carbons (Fsp3) is 0.310. The van der Waals surface area contributed by atoms with E-state index in [0.717, 1.165) is 64.5 Å². The van der Waals surface area contributed by atoms with Gasteiger partial charge in [0, 0.05) is 63.6 Å². The van der Waals surface area contributed by atoms with Gasteiger partial charge in [-0.1, -0.05) is 24.1 Å². The Morgan fingerprint density at radius 1 is 1.00 bits per heavy atom. The van der Waals surface area contributed by atoms with Gasteiger partial charge in [-0.05, 0) is 67.6 Å². The minimum absolute atomic E-state index is 0.108. The second-order valence-electron chi connectivity index (χ2n) is 9.26. The molecule has 0 spiro atoms. The molecule has 184 valence electrons. The molecular formula is C29H28N2O4S. The average molecular weight is 501 g/mol. The molecule has 0 aliphatic heterocycles. The number of aromatic nitrogens is 1. The molecule has 0 saturated heterocycles. The SMILES string of the molecule is CCn1c2ccc(C(=O)/C(Cc3cccs3)=N\OC(C)=O)cc2c2cc(C(=O)C3CCCC3)ccc21. The van der Waals surface area contributed by atoms with Crippen LogP contribution in [0.25, 0.3) is 21.8 Å². The van der Waals surface area contributed by atoms with Crippen molar-refractivity contribution < 1.29 is 19.2 Å². The van der Waals surface area contributed by atoms with Gasteiger partial charge in [-0.3, -0.25) is 9.59 Å². The highest BCUT2D eigenvalue weighted by Crippen LogP contribution is 2.33. The molecule has 0 unspecified atom stereocenters. The van der Waals surface area contributed by atoms with Gasteiger partial charge in [0.2, 0.25) is 5.78 Å². The molecule has 0 atom stereocenters. The second kappa shape index (κ2) is 10.2. The summed E-state index contributed by atoms with van der Waals surface area (Å²) < 4.78 is 2.20. The Morgan fingerprint density at radius 2 is 1.67 bits per heavy atom. The van der Waals surface area contributed by atoms with Crippen LogP contribution in [0.2, 0.25) is 0 Å². The van der Waals surface area contributed by atoms with Gasteiger partial charge in [0.15, 0.2) is 5.78 Å². The first-order chi connectivity index (χ1) is 17.5. The number of ketones is 2. The zero-order chi connectivity index (χ0) is 25.2. The summed E-state index contributed by atoms with van der Waals surface area (Å²) in [5.74, 6) is -0.545. The molecule has 4 aromatic rings. The third kappa shape index (κ3) is 4.63. The number of hydrogen-bond acceptors (Lipinski definition) is 6. The molecule has 36 heavy (non-hydrogen) atoms. The molecule has 2 heterocycles. The van der Waals surface area contributed by atoms with E-state index in [9.17, 15) is 14.4 Å². The van der Waals surface area contributed by atoms with Crippen molar-refractivity contribution in [2.45, 2.75) is 52.5 Å². The van der Waals surface area contributed by atoms with Crippen LogP contribution in [-0.4, -0.2) is 27.8 Å². The molecule has 1 fully saturated rings. The van der Waals surface area contributed by atoms with E-state index in [-0.39, 0.29) is 29.6 Å². The van der Waals surface area contributed by atoms with E-state index in [1.165, 1.54) is 18.3 Å². The van der Waals surface area contributed by atoms with Crippen molar-refractivity contribution >= 4 is 56.4 Å². The van der Waals surface area contributed by atoms with Crippen LogP contribution in [0.15, 0.2) is 59.1 Å². The number of carbonyl (C=O) groups excluding carboxylic acids is 3. The lowest BCUT2D eigenvalue weighted by atomic mass is 9.95. The quantitative estimate of drug-likeness (QED) is 0.118. The Balaban J connectivity index is 1.58. The molecule has 1 aliphatic rings. The van der Waals surface area contributed by atoms with Gasteiger partial charge in [-0.25, -0.2) is 4.79 Å². The van der Waals surface area contributed by atoms with Crippen molar-refractivity contribution in [3.05, 3.63) is 69.9 Å². The highest BCUT2D eigenvalue weighted by Gasteiger charge is 2.25. The van der Waals surface area contributed by atoms with Gasteiger partial charge in [0.05, 0.1) is 0 Å². The third-order valence-electron chi connectivity index (χ3n) is 6.92. The van der Waals surface area contributed by atoms with Crippen LogP contribution in [0, 0.1) is 5.92 Å². The first kappa shape index (κ1) is 24.1. The maximum absolute atomic E-state index is 13.5. The maximum atomic E-state index is 13.5. The molecule has 0 N–H and O–H groups in total. The average Bonchev–Trinajstić information content (AvgIpc) is 3.65. The van der Waals surface area contributed by atoms with Crippen molar-refractivity contribution in [2.75, 3.05) is 0 Å².